The number of carboxylic acid groups (broad SMARTS) is 1. The molecule has 1 saturated heterocycles. The maximum atomic E-state index is 12.7. The molecule has 1 unspecified atom stereocenters. The van der Waals surface area contributed by atoms with Gasteiger partial charge in [-0.25, -0.2) is 0 Å². The maximum Gasteiger partial charge on any atom is 0.311 e. The van der Waals surface area contributed by atoms with Crippen molar-refractivity contribution in [3.63, 3.8) is 0 Å². The number of furan rings is 1. The summed E-state index contributed by atoms with van der Waals surface area (Å²) in [6, 6.07) is 17.2. The highest BCUT2D eigenvalue weighted by Crippen LogP contribution is 2.30. The van der Waals surface area contributed by atoms with E-state index in [-0.39, 0.29) is 24.8 Å². The van der Waals surface area contributed by atoms with E-state index in [1.807, 2.05) is 42.5 Å². The molecule has 0 spiro atoms. The number of likely N-dealkylation sites (tertiary alicyclic amines) is 1. The molecule has 0 bridgehead atoms. The second-order valence-electron chi connectivity index (χ2n) is 7.76. The average molecular weight is 393 g/mol. The summed E-state index contributed by atoms with van der Waals surface area (Å²) in [5.74, 6) is 0.311. The Balaban J connectivity index is 1.41. The number of carbonyl (C=O) groups is 2. The molecule has 6 heteroatoms. The summed E-state index contributed by atoms with van der Waals surface area (Å²) in [6.07, 6.45) is 1.22. The first kappa shape index (κ1) is 19.1. The molecule has 29 heavy (non-hydrogen) atoms. The van der Waals surface area contributed by atoms with Gasteiger partial charge < -0.3 is 19.2 Å². The molecule has 1 N–H and O–H groups in total. The fourth-order valence-corrected chi connectivity index (χ4v) is 3.73. The van der Waals surface area contributed by atoms with E-state index >= 15 is 0 Å². The zero-order chi connectivity index (χ0) is 20.4. The number of carboxylic acids is 1. The first-order chi connectivity index (χ1) is 13.9. The maximum absolute atomic E-state index is 12.7. The number of amides is 1. The van der Waals surface area contributed by atoms with E-state index in [4.69, 9.17) is 9.15 Å². The molecular formula is C23H23NO5. The number of benzene rings is 2. The van der Waals surface area contributed by atoms with Gasteiger partial charge in [0.1, 0.15) is 18.1 Å². The van der Waals surface area contributed by atoms with E-state index in [2.05, 4.69) is 0 Å². The summed E-state index contributed by atoms with van der Waals surface area (Å²) < 4.78 is 11.5. The summed E-state index contributed by atoms with van der Waals surface area (Å²) in [5.41, 5.74) is -0.914. The fourth-order valence-electron chi connectivity index (χ4n) is 3.73. The third-order valence-corrected chi connectivity index (χ3v) is 5.47. The Hall–Kier alpha value is -3.28. The van der Waals surface area contributed by atoms with Gasteiger partial charge in [0.25, 0.3) is 5.91 Å². The Morgan fingerprint density at radius 2 is 1.93 bits per heavy atom. The van der Waals surface area contributed by atoms with Crippen LogP contribution in [-0.4, -0.2) is 35.0 Å². The van der Waals surface area contributed by atoms with Crippen molar-refractivity contribution < 1.29 is 23.8 Å². The summed E-state index contributed by atoms with van der Waals surface area (Å²) >= 11 is 0. The van der Waals surface area contributed by atoms with Crippen LogP contribution in [0.3, 0.4) is 0 Å². The zero-order valence-corrected chi connectivity index (χ0v) is 16.3. The van der Waals surface area contributed by atoms with E-state index in [1.54, 1.807) is 24.0 Å². The average Bonchev–Trinajstić information content (AvgIpc) is 3.20. The highest BCUT2D eigenvalue weighted by Gasteiger charge is 2.40. The third kappa shape index (κ3) is 3.97. The summed E-state index contributed by atoms with van der Waals surface area (Å²) in [5, 5.41) is 11.7. The predicted octanol–water partition coefficient (Wildman–Crippen LogP) is 4.34. The molecule has 6 nitrogen and oxygen atoms in total. The lowest BCUT2D eigenvalue weighted by Gasteiger charge is -2.37. The quantitative estimate of drug-likeness (QED) is 0.698. The van der Waals surface area contributed by atoms with Gasteiger partial charge in [0.05, 0.1) is 5.41 Å². The van der Waals surface area contributed by atoms with Crippen molar-refractivity contribution in [2.24, 2.45) is 5.41 Å². The second kappa shape index (κ2) is 7.62. The fraction of sp³-hybridized carbons (Fsp3) is 0.304. The molecule has 4 rings (SSSR count). The smallest absolute Gasteiger partial charge is 0.311 e. The summed E-state index contributed by atoms with van der Waals surface area (Å²) in [7, 11) is 0. The Morgan fingerprint density at radius 3 is 2.72 bits per heavy atom. The Kier molecular flexibility index (Phi) is 5.01. The molecule has 2 aromatic carbocycles. The van der Waals surface area contributed by atoms with Crippen LogP contribution < -0.4 is 4.74 Å². The molecule has 0 saturated carbocycles. The first-order valence-corrected chi connectivity index (χ1v) is 9.68. The number of aliphatic carboxylic acids is 1. The van der Waals surface area contributed by atoms with Crippen LogP contribution in [0.25, 0.3) is 10.8 Å². The van der Waals surface area contributed by atoms with Gasteiger partial charge >= 0.3 is 5.97 Å². The predicted molar refractivity (Wildman–Crippen MR) is 108 cm³/mol. The van der Waals surface area contributed by atoms with Crippen LogP contribution >= 0.6 is 0 Å². The van der Waals surface area contributed by atoms with Crippen molar-refractivity contribution >= 4 is 22.6 Å². The van der Waals surface area contributed by atoms with Crippen LogP contribution in [0.15, 0.2) is 59.0 Å². The van der Waals surface area contributed by atoms with Gasteiger partial charge in [-0.1, -0.05) is 30.3 Å². The van der Waals surface area contributed by atoms with Crippen molar-refractivity contribution in [3.05, 3.63) is 66.1 Å². The highest BCUT2D eigenvalue weighted by molar-refractivity contribution is 5.92. The van der Waals surface area contributed by atoms with Gasteiger partial charge in [-0.2, -0.15) is 0 Å². The SMILES string of the molecule is CC1(C(=O)O)CCCN(C(=O)c2ccc(COc3ccc4ccccc4c3)o2)C1. The Morgan fingerprint density at radius 1 is 1.14 bits per heavy atom. The number of hydrogen-bond acceptors (Lipinski definition) is 4. The minimum absolute atomic E-state index is 0.185. The molecule has 0 radical (unpaired) electrons. The standard InChI is InChI=1S/C23H23NO5/c1-23(22(26)27)11-4-12-24(15-23)21(25)20-10-9-19(29-20)14-28-18-8-7-16-5-2-3-6-17(16)13-18/h2-3,5-10,13H,4,11-12,14-15H2,1H3,(H,26,27). The van der Waals surface area contributed by atoms with Crippen molar-refractivity contribution in [1.29, 1.82) is 0 Å². The van der Waals surface area contributed by atoms with Gasteiger partial charge in [-0.15, -0.1) is 0 Å². The molecule has 2 heterocycles. The molecule has 3 aromatic rings. The third-order valence-electron chi connectivity index (χ3n) is 5.47. The lowest BCUT2D eigenvalue weighted by atomic mass is 9.82. The Bertz CT molecular complexity index is 1060. The van der Waals surface area contributed by atoms with E-state index in [1.165, 1.54) is 0 Å². The largest absolute Gasteiger partial charge is 0.486 e. The van der Waals surface area contributed by atoms with Gasteiger partial charge in [0, 0.05) is 13.1 Å². The molecule has 1 aliphatic rings. The molecule has 150 valence electrons. The number of piperidine rings is 1. The molecule has 1 fully saturated rings. The van der Waals surface area contributed by atoms with E-state index in [0.717, 1.165) is 16.5 Å². The van der Waals surface area contributed by atoms with Crippen LogP contribution in [0.1, 0.15) is 36.1 Å². The van der Waals surface area contributed by atoms with E-state index in [9.17, 15) is 14.7 Å². The van der Waals surface area contributed by atoms with Crippen LogP contribution in [0.4, 0.5) is 0 Å². The number of fused-ring (bicyclic) bond motifs is 1. The Labute approximate surface area is 168 Å². The number of nitrogens with zero attached hydrogens (tertiary/aromatic N) is 1. The number of carbonyl (C=O) groups excluding carboxylic acids is 1. The van der Waals surface area contributed by atoms with Crippen LogP contribution in [0.2, 0.25) is 0 Å². The minimum atomic E-state index is -0.914. The number of rotatable bonds is 5. The number of hydrogen-bond donors (Lipinski definition) is 1. The van der Waals surface area contributed by atoms with E-state index < -0.39 is 11.4 Å². The molecule has 1 amide bonds. The van der Waals surface area contributed by atoms with Crippen LogP contribution in [-0.2, 0) is 11.4 Å². The molecule has 1 aromatic heterocycles. The topological polar surface area (TPSA) is 80.0 Å². The molecule has 0 aliphatic carbocycles. The lowest BCUT2D eigenvalue weighted by Crippen LogP contribution is -2.48. The van der Waals surface area contributed by atoms with Crippen molar-refractivity contribution in [2.45, 2.75) is 26.4 Å². The van der Waals surface area contributed by atoms with Crippen LogP contribution in [0, 0.1) is 5.41 Å². The normalized spacial score (nSPS) is 19.3. The highest BCUT2D eigenvalue weighted by atomic mass is 16.5. The summed E-state index contributed by atoms with van der Waals surface area (Å²) in [4.78, 5) is 25.8. The van der Waals surface area contributed by atoms with E-state index in [0.29, 0.717) is 25.1 Å². The van der Waals surface area contributed by atoms with Gasteiger partial charge in [-0.05, 0) is 54.8 Å². The van der Waals surface area contributed by atoms with Gasteiger partial charge in [-0.3, -0.25) is 9.59 Å². The van der Waals surface area contributed by atoms with Crippen LogP contribution in [0.5, 0.6) is 5.75 Å². The van der Waals surface area contributed by atoms with Crippen molar-refractivity contribution in [3.8, 4) is 5.75 Å². The van der Waals surface area contributed by atoms with Gasteiger partial charge in [0.2, 0.25) is 0 Å². The molecule has 1 atom stereocenters. The molecular weight excluding hydrogens is 370 g/mol. The number of ether oxygens (including phenoxy) is 1. The monoisotopic (exact) mass is 393 g/mol. The van der Waals surface area contributed by atoms with Crippen molar-refractivity contribution in [1.82, 2.24) is 4.90 Å². The van der Waals surface area contributed by atoms with Crippen molar-refractivity contribution in [2.75, 3.05) is 13.1 Å². The minimum Gasteiger partial charge on any atom is -0.486 e. The van der Waals surface area contributed by atoms with Gasteiger partial charge in [0.15, 0.2) is 5.76 Å². The second-order valence-corrected chi connectivity index (χ2v) is 7.76. The summed E-state index contributed by atoms with van der Waals surface area (Å²) in [6.45, 7) is 2.61. The lowest BCUT2D eigenvalue weighted by molar-refractivity contribution is -0.150. The zero-order valence-electron chi connectivity index (χ0n) is 16.3. The molecule has 1 aliphatic heterocycles. The first-order valence-electron chi connectivity index (χ1n) is 9.68.